The normalized spacial score (nSPS) is 14.6. The highest BCUT2D eigenvalue weighted by Crippen LogP contribution is 2.23. The largest absolute Gasteiger partial charge is 0.381 e. The molecule has 2 aromatic heterocycles. The van der Waals surface area contributed by atoms with E-state index in [9.17, 15) is 4.79 Å². The van der Waals surface area contributed by atoms with Crippen LogP contribution >= 0.6 is 0 Å². The average Bonchev–Trinajstić information content (AvgIpc) is 3.35. The van der Waals surface area contributed by atoms with Gasteiger partial charge in [0.2, 0.25) is 17.8 Å². The minimum absolute atomic E-state index is 0.138. The van der Waals surface area contributed by atoms with E-state index in [-0.39, 0.29) is 17.9 Å². The maximum absolute atomic E-state index is 12.4. The van der Waals surface area contributed by atoms with E-state index < -0.39 is 0 Å². The Balaban J connectivity index is 1.46. The fourth-order valence-corrected chi connectivity index (χ4v) is 4.42. The number of nitrogens with zero attached hydrogens (tertiary/aromatic N) is 5. The lowest BCUT2D eigenvalue weighted by atomic mass is 10.1. The van der Waals surface area contributed by atoms with E-state index in [0.717, 1.165) is 68.2 Å². The van der Waals surface area contributed by atoms with Gasteiger partial charge in [-0.1, -0.05) is 45.9 Å². The molecule has 0 saturated carbocycles. The van der Waals surface area contributed by atoms with Crippen LogP contribution in [0, 0.1) is 0 Å². The Kier molecular flexibility index (Phi) is 9.67. The molecular weight excluding hydrogens is 480 g/mol. The van der Waals surface area contributed by atoms with Crippen LogP contribution in [-0.4, -0.2) is 69.3 Å². The number of anilines is 3. The number of amides is 1. The van der Waals surface area contributed by atoms with Gasteiger partial charge in [-0.3, -0.25) is 4.79 Å². The van der Waals surface area contributed by atoms with Crippen LogP contribution < -0.4 is 16.0 Å². The van der Waals surface area contributed by atoms with Gasteiger partial charge in [-0.05, 0) is 49.5 Å². The van der Waals surface area contributed by atoms with Crippen molar-refractivity contribution in [1.82, 2.24) is 24.5 Å². The molecule has 3 N–H and O–H groups in total. The Morgan fingerprint density at radius 1 is 1.21 bits per heavy atom. The van der Waals surface area contributed by atoms with Gasteiger partial charge in [-0.2, -0.15) is 19.6 Å². The summed E-state index contributed by atoms with van der Waals surface area (Å²) in [6.45, 7) is 13.2. The van der Waals surface area contributed by atoms with Crippen molar-refractivity contribution in [2.45, 2.75) is 59.0 Å². The van der Waals surface area contributed by atoms with Gasteiger partial charge in [0.25, 0.3) is 0 Å². The molecule has 1 aromatic carbocycles. The van der Waals surface area contributed by atoms with Crippen molar-refractivity contribution >= 4 is 29.1 Å². The summed E-state index contributed by atoms with van der Waals surface area (Å²) < 4.78 is 7.25. The number of likely N-dealkylation sites (N-methyl/N-ethyl adjacent to an activating group) is 1. The standard InChI is InChI=1S/C28H40N8O2/c1-5-35(6-2)14-8-11-25(37)31-23-10-7-9-21(17-23)18-29-28-34-27(32-22-12-15-38-16-13-22)33-26-24(20(3)4)19-30-36(26)28/h7-11,17,19-20,22H,5-6,12-16,18H2,1-4H3,(H,31,37)(H2,29,32,33,34). The number of nitrogens with one attached hydrogen (secondary N) is 3. The van der Waals surface area contributed by atoms with Crippen molar-refractivity contribution < 1.29 is 9.53 Å². The van der Waals surface area contributed by atoms with Crippen LogP contribution in [0.25, 0.3) is 5.65 Å². The maximum atomic E-state index is 12.4. The molecule has 0 unspecified atom stereocenters. The van der Waals surface area contributed by atoms with Crippen LogP contribution in [0.4, 0.5) is 17.6 Å². The topological polar surface area (TPSA) is 109 Å². The molecule has 10 nitrogen and oxygen atoms in total. The molecule has 38 heavy (non-hydrogen) atoms. The third-order valence-electron chi connectivity index (χ3n) is 6.74. The Morgan fingerprint density at radius 2 is 2.00 bits per heavy atom. The van der Waals surface area contributed by atoms with E-state index in [4.69, 9.17) is 14.7 Å². The lowest BCUT2D eigenvalue weighted by molar-refractivity contribution is -0.111. The van der Waals surface area contributed by atoms with Crippen molar-refractivity contribution in [3.05, 3.63) is 53.7 Å². The third-order valence-corrected chi connectivity index (χ3v) is 6.74. The molecule has 1 saturated heterocycles. The van der Waals surface area contributed by atoms with Gasteiger partial charge in [0.05, 0.1) is 6.20 Å². The van der Waals surface area contributed by atoms with E-state index in [1.54, 1.807) is 10.6 Å². The maximum Gasteiger partial charge on any atom is 0.248 e. The lowest BCUT2D eigenvalue weighted by Crippen LogP contribution is -2.29. The molecular formula is C28H40N8O2. The van der Waals surface area contributed by atoms with Gasteiger partial charge in [0, 0.05) is 49.7 Å². The molecule has 10 heteroatoms. The summed E-state index contributed by atoms with van der Waals surface area (Å²) in [6.07, 6.45) is 7.21. The summed E-state index contributed by atoms with van der Waals surface area (Å²) in [5, 5.41) is 14.4. The summed E-state index contributed by atoms with van der Waals surface area (Å²) in [5.74, 6) is 1.35. The van der Waals surface area contributed by atoms with Crippen molar-refractivity contribution in [1.29, 1.82) is 0 Å². The molecule has 0 aliphatic carbocycles. The lowest BCUT2D eigenvalue weighted by Gasteiger charge is -2.23. The highest BCUT2D eigenvalue weighted by molar-refractivity contribution is 5.99. The molecule has 4 rings (SSSR count). The quantitative estimate of drug-likeness (QED) is 0.304. The first-order chi connectivity index (χ1) is 18.5. The van der Waals surface area contributed by atoms with Crippen LogP contribution in [0.1, 0.15) is 57.6 Å². The fourth-order valence-electron chi connectivity index (χ4n) is 4.42. The number of fused-ring (bicyclic) bond motifs is 1. The zero-order valence-electron chi connectivity index (χ0n) is 22.9. The van der Waals surface area contributed by atoms with Gasteiger partial charge in [-0.25, -0.2) is 0 Å². The first-order valence-electron chi connectivity index (χ1n) is 13.6. The van der Waals surface area contributed by atoms with Crippen LogP contribution in [0.2, 0.25) is 0 Å². The Labute approximate surface area is 224 Å². The Bertz CT molecular complexity index is 1230. The second-order valence-electron chi connectivity index (χ2n) is 9.82. The smallest absolute Gasteiger partial charge is 0.248 e. The van der Waals surface area contributed by atoms with E-state index in [1.165, 1.54) is 0 Å². The van der Waals surface area contributed by atoms with E-state index in [1.807, 2.05) is 36.5 Å². The van der Waals surface area contributed by atoms with Gasteiger partial charge in [0.15, 0.2) is 5.65 Å². The minimum atomic E-state index is -0.138. The predicted molar refractivity (Wildman–Crippen MR) is 152 cm³/mol. The average molecular weight is 521 g/mol. The fraction of sp³-hybridized carbons (Fsp3) is 0.500. The molecule has 1 amide bonds. The second kappa shape index (κ2) is 13.3. The minimum Gasteiger partial charge on any atom is -0.381 e. The summed E-state index contributed by atoms with van der Waals surface area (Å²) in [6, 6.07) is 8.09. The van der Waals surface area contributed by atoms with Crippen LogP contribution in [0.5, 0.6) is 0 Å². The number of ether oxygens (including phenoxy) is 1. The molecule has 0 radical (unpaired) electrons. The van der Waals surface area contributed by atoms with E-state index in [0.29, 0.717) is 18.4 Å². The number of carbonyl (C=O) groups is 1. The molecule has 3 heterocycles. The van der Waals surface area contributed by atoms with E-state index >= 15 is 0 Å². The van der Waals surface area contributed by atoms with Gasteiger partial charge < -0.3 is 25.6 Å². The first kappa shape index (κ1) is 27.5. The number of rotatable bonds is 12. The molecule has 0 bridgehead atoms. The zero-order chi connectivity index (χ0) is 26.9. The second-order valence-corrected chi connectivity index (χ2v) is 9.82. The number of hydrogen-bond acceptors (Lipinski definition) is 8. The highest BCUT2D eigenvalue weighted by Gasteiger charge is 2.19. The van der Waals surface area contributed by atoms with Gasteiger partial charge in [-0.15, -0.1) is 0 Å². The van der Waals surface area contributed by atoms with Crippen molar-refractivity contribution in [3.63, 3.8) is 0 Å². The van der Waals surface area contributed by atoms with Crippen LogP contribution in [0.15, 0.2) is 42.6 Å². The van der Waals surface area contributed by atoms with Crippen LogP contribution in [0.3, 0.4) is 0 Å². The predicted octanol–water partition coefficient (Wildman–Crippen LogP) is 4.29. The van der Waals surface area contributed by atoms with Crippen LogP contribution in [-0.2, 0) is 16.1 Å². The van der Waals surface area contributed by atoms with Crippen molar-refractivity contribution in [2.24, 2.45) is 0 Å². The third kappa shape index (κ3) is 7.29. The van der Waals surface area contributed by atoms with Crippen molar-refractivity contribution in [3.8, 4) is 0 Å². The van der Waals surface area contributed by atoms with Gasteiger partial charge in [0.1, 0.15) is 0 Å². The SMILES string of the molecule is CCN(CC)CC=CC(=O)Nc1cccc(CNc2nc(NC3CCOCC3)nc3c(C(C)C)cnn23)c1. The monoisotopic (exact) mass is 520 g/mol. The summed E-state index contributed by atoms with van der Waals surface area (Å²) >= 11 is 0. The molecule has 0 spiro atoms. The zero-order valence-corrected chi connectivity index (χ0v) is 22.9. The van der Waals surface area contributed by atoms with Crippen molar-refractivity contribution in [2.75, 3.05) is 48.8 Å². The molecule has 1 fully saturated rings. The van der Waals surface area contributed by atoms with Gasteiger partial charge >= 0.3 is 0 Å². The Morgan fingerprint density at radius 3 is 2.74 bits per heavy atom. The van der Waals surface area contributed by atoms with E-state index in [2.05, 4.69) is 53.6 Å². The summed E-state index contributed by atoms with van der Waals surface area (Å²) in [5.41, 5.74) is 3.63. The molecule has 204 valence electrons. The number of benzene rings is 1. The number of aromatic nitrogens is 4. The first-order valence-corrected chi connectivity index (χ1v) is 13.6. The number of carbonyl (C=O) groups excluding carboxylic acids is 1. The molecule has 1 aliphatic heterocycles. The Hall–Kier alpha value is -3.50. The summed E-state index contributed by atoms with van der Waals surface area (Å²) in [4.78, 5) is 24.2. The molecule has 0 atom stereocenters. The highest BCUT2D eigenvalue weighted by atomic mass is 16.5. The summed E-state index contributed by atoms with van der Waals surface area (Å²) in [7, 11) is 0. The number of hydrogen-bond donors (Lipinski definition) is 3. The molecule has 3 aromatic rings. The molecule has 1 aliphatic rings.